The first-order valence-corrected chi connectivity index (χ1v) is 7.13. The topological polar surface area (TPSA) is 58.1 Å². The smallest absolute Gasteiger partial charge is 0.121 e. The van der Waals surface area contributed by atoms with Gasteiger partial charge in [-0.15, -0.1) is 0 Å². The second-order valence-corrected chi connectivity index (χ2v) is 5.26. The lowest BCUT2D eigenvalue weighted by molar-refractivity contribution is 0.412. The third kappa shape index (κ3) is 2.96. The van der Waals surface area contributed by atoms with Crippen molar-refractivity contribution in [3.63, 3.8) is 0 Å². The molecule has 0 aliphatic heterocycles. The number of aryl methyl sites for hydroxylation is 1. The fraction of sp³-hybridized carbons (Fsp3) is 0.167. The van der Waals surface area contributed by atoms with E-state index >= 15 is 0 Å². The average Bonchev–Trinajstić information content (AvgIpc) is 2.98. The third-order valence-corrected chi connectivity index (χ3v) is 3.63. The van der Waals surface area contributed by atoms with Gasteiger partial charge in [-0.3, -0.25) is 0 Å². The number of rotatable bonds is 4. The molecule has 0 saturated heterocycles. The Kier molecular flexibility index (Phi) is 3.83. The summed E-state index contributed by atoms with van der Waals surface area (Å²) in [5.74, 6) is 2.05. The van der Waals surface area contributed by atoms with E-state index in [2.05, 4.69) is 16.0 Å². The van der Waals surface area contributed by atoms with Crippen LogP contribution in [0.25, 0.3) is 11.3 Å². The number of phenolic OH excluding ortho intramolecular Hbond substituents is 1. The molecular weight excluding hydrogens is 276 g/mol. The van der Waals surface area contributed by atoms with Gasteiger partial charge in [0.05, 0.1) is 12.8 Å². The molecule has 0 spiro atoms. The maximum atomic E-state index is 9.31. The highest BCUT2D eigenvalue weighted by Crippen LogP contribution is 2.25. The van der Waals surface area contributed by atoms with Crippen molar-refractivity contribution >= 4 is 0 Å². The van der Waals surface area contributed by atoms with Gasteiger partial charge in [-0.1, -0.05) is 12.1 Å². The number of H-pyrrole nitrogens is 1. The van der Waals surface area contributed by atoms with E-state index in [1.165, 1.54) is 0 Å². The highest BCUT2D eigenvalue weighted by Gasteiger charge is 2.07. The highest BCUT2D eigenvalue weighted by molar-refractivity contribution is 5.61. The van der Waals surface area contributed by atoms with Crippen LogP contribution in [-0.4, -0.2) is 22.2 Å². The molecule has 2 N–H and O–H groups in total. The molecule has 22 heavy (non-hydrogen) atoms. The summed E-state index contributed by atoms with van der Waals surface area (Å²) < 4.78 is 5.28. The Morgan fingerprint density at radius 2 is 1.91 bits per heavy atom. The molecule has 0 atom stereocenters. The second kappa shape index (κ2) is 5.93. The molecule has 112 valence electrons. The molecule has 0 fully saturated rings. The van der Waals surface area contributed by atoms with Crippen LogP contribution < -0.4 is 4.74 Å². The van der Waals surface area contributed by atoms with Gasteiger partial charge in [-0.2, -0.15) is 0 Å². The molecular formula is C18H18N2O2. The van der Waals surface area contributed by atoms with Crippen molar-refractivity contribution in [2.24, 2.45) is 0 Å². The first-order chi connectivity index (χ1) is 10.7. The Hall–Kier alpha value is -2.75. The molecule has 0 aliphatic rings. The van der Waals surface area contributed by atoms with Crippen molar-refractivity contribution < 1.29 is 9.84 Å². The molecule has 0 saturated carbocycles. The normalized spacial score (nSPS) is 10.6. The number of nitrogens with one attached hydrogen (secondary N) is 1. The monoisotopic (exact) mass is 294 g/mol. The lowest BCUT2D eigenvalue weighted by atomic mass is 10.1. The van der Waals surface area contributed by atoms with E-state index in [-0.39, 0.29) is 5.75 Å². The van der Waals surface area contributed by atoms with Gasteiger partial charge >= 0.3 is 0 Å². The summed E-state index contributed by atoms with van der Waals surface area (Å²) in [6.07, 6.45) is 2.62. The predicted octanol–water partition coefficient (Wildman–Crippen LogP) is 3.69. The minimum Gasteiger partial charge on any atom is -0.508 e. The number of aromatic amines is 1. The predicted molar refractivity (Wildman–Crippen MR) is 86.2 cm³/mol. The average molecular weight is 294 g/mol. The van der Waals surface area contributed by atoms with Crippen LogP contribution in [0.4, 0.5) is 0 Å². The Bertz CT molecular complexity index is 776. The number of phenols is 1. The number of methoxy groups -OCH3 is 1. The van der Waals surface area contributed by atoms with Crippen LogP contribution in [0.5, 0.6) is 11.5 Å². The number of imidazole rings is 1. The van der Waals surface area contributed by atoms with Crippen molar-refractivity contribution in [3.8, 4) is 22.8 Å². The fourth-order valence-electron chi connectivity index (χ4n) is 2.44. The van der Waals surface area contributed by atoms with E-state index in [1.54, 1.807) is 19.2 Å². The van der Waals surface area contributed by atoms with Crippen LogP contribution in [0.15, 0.2) is 48.7 Å². The molecule has 1 aromatic heterocycles. The zero-order valence-corrected chi connectivity index (χ0v) is 12.6. The van der Waals surface area contributed by atoms with Crippen molar-refractivity contribution in [2.45, 2.75) is 13.3 Å². The first-order valence-electron chi connectivity index (χ1n) is 7.13. The van der Waals surface area contributed by atoms with Gasteiger partial charge in [0.15, 0.2) is 0 Å². The standard InChI is InChI=1S/C18H18N2O2/c1-12-9-14(5-8-17(12)22-2)16-11-19-18(20-16)10-13-3-6-15(21)7-4-13/h3-9,11,21H,10H2,1-2H3,(H,19,20). The molecule has 4 nitrogen and oxygen atoms in total. The summed E-state index contributed by atoms with van der Waals surface area (Å²) >= 11 is 0. The fourth-order valence-corrected chi connectivity index (χ4v) is 2.44. The van der Waals surface area contributed by atoms with Gasteiger partial charge in [-0.05, 0) is 48.4 Å². The lowest BCUT2D eigenvalue weighted by Gasteiger charge is -2.05. The maximum absolute atomic E-state index is 9.31. The molecule has 0 amide bonds. The van der Waals surface area contributed by atoms with E-state index in [4.69, 9.17) is 4.74 Å². The molecule has 1 heterocycles. The van der Waals surface area contributed by atoms with Crippen molar-refractivity contribution in [1.82, 2.24) is 9.97 Å². The summed E-state index contributed by atoms with van der Waals surface area (Å²) in [6, 6.07) is 13.2. The number of nitrogens with zero attached hydrogens (tertiary/aromatic N) is 1. The van der Waals surface area contributed by atoms with Crippen LogP contribution in [-0.2, 0) is 6.42 Å². The molecule has 4 heteroatoms. The van der Waals surface area contributed by atoms with Crippen molar-refractivity contribution in [3.05, 3.63) is 65.6 Å². The quantitative estimate of drug-likeness (QED) is 0.771. The van der Waals surface area contributed by atoms with E-state index in [0.717, 1.165) is 34.0 Å². The SMILES string of the molecule is COc1ccc(-c2c[nH]c(Cc3ccc(O)cc3)n2)cc1C. The number of ether oxygens (including phenoxy) is 1. The third-order valence-electron chi connectivity index (χ3n) is 3.63. The molecule has 3 aromatic rings. The number of hydrogen-bond donors (Lipinski definition) is 2. The van der Waals surface area contributed by atoms with E-state index in [9.17, 15) is 5.11 Å². The van der Waals surface area contributed by atoms with Gasteiger partial charge in [0.2, 0.25) is 0 Å². The molecule has 0 unspecified atom stereocenters. The molecule has 0 bridgehead atoms. The van der Waals surface area contributed by atoms with Crippen molar-refractivity contribution in [1.29, 1.82) is 0 Å². The minimum atomic E-state index is 0.276. The zero-order chi connectivity index (χ0) is 15.5. The van der Waals surface area contributed by atoms with Crippen LogP contribution in [0.2, 0.25) is 0 Å². The van der Waals surface area contributed by atoms with Gasteiger partial charge in [0, 0.05) is 18.2 Å². The maximum Gasteiger partial charge on any atom is 0.121 e. The molecule has 2 aromatic carbocycles. The molecule has 0 radical (unpaired) electrons. The van der Waals surface area contributed by atoms with E-state index in [0.29, 0.717) is 6.42 Å². The Balaban J connectivity index is 1.81. The summed E-state index contributed by atoms with van der Waals surface area (Å²) in [5, 5.41) is 9.31. The number of aromatic nitrogens is 2. The first kappa shape index (κ1) is 14.2. The summed E-state index contributed by atoms with van der Waals surface area (Å²) in [5.41, 5.74) is 4.17. The summed E-state index contributed by atoms with van der Waals surface area (Å²) in [6.45, 7) is 2.02. The minimum absolute atomic E-state index is 0.276. The van der Waals surface area contributed by atoms with Gasteiger partial charge in [-0.25, -0.2) is 4.98 Å². The van der Waals surface area contributed by atoms with Crippen LogP contribution in [0.3, 0.4) is 0 Å². The summed E-state index contributed by atoms with van der Waals surface area (Å²) in [7, 11) is 1.67. The molecule has 0 aliphatic carbocycles. The Morgan fingerprint density at radius 3 is 2.59 bits per heavy atom. The molecule has 3 rings (SSSR count). The van der Waals surface area contributed by atoms with Crippen LogP contribution >= 0.6 is 0 Å². The highest BCUT2D eigenvalue weighted by atomic mass is 16.5. The lowest BCUT2D eigenvalue weighted by Crippen LogP contribution is -1.91. The Labute approximate surface area is 129 Å². The second-order valence-electron chi connectivity index (χ2n) is 5.26. The number of hydrogen-bond acceptors (Lipinski definition) is 3. The van der Waals surface area contributed by atoms with Gasteiger partial charge in [0.25, 0.3) is 0 Å². The summed E-state index contributed by atoms with van der Waals surface area (Å²) in [4.78, 5) is 7.85. The largest absolute Gasteiger partial charge is 0.508 e. The van der Waals surface area contributed by atoms with E-state index in [1.807, 2.05) is 37.4 Å². The number of benzene rings is 2. The Morgan fingerprint density at radius 1 is 1.14 bits per heavy atom. The van der Waals surface area contributed by atoms with E-state index < -0.39 is 0 Å². The van der Waals surface area contributed by atoms with Gasteiger partial charge in [0.1, 0.15) is 17.3 Å². The van der Waals surface area contributed by atoms with Crippen LogP contribution in [0, 0.1) is 6.92 Å². The zero-order valence-electron chi connectivity index (χ0n) is 12.6. The van der Waals surface area contributed by atoms with Crippen molar-refractivity contribution in [2.75, 3.05) is 7.11 Å². The van der Waals surface area contributed by atoms with Gasteiger partial charge < -0.3 is 14.8 Å². The number of aromatic hydroxyl groups is 1. The van der Waals surface area contributed by atoms with Crippen LogP contribution in [0.1, 0.15) is 17.0 Å².